The second-order valence-corrected chi connectivity index (χ2v) is 4.72. The van der Waals surface area contributed by atoms with Crippen LogP contribution in [0.25, 0.3) is 0 Å². The normalized spacial score (nSPS) is 13.4. The van der Waals surface area contributed by atoms with Crippen LogP contribution >= 0.6 is 11.5 Å². The molecule has 3 nitrogen and oxygen atoms in total. The van der Waals surface area contributed by atoms with E-state index in [1.54, 1.807) is 0 Å². The van der Waals surface area contributed by atoms with Crippen LogP contribution < -0.4 is 5.73 Å². The third-order valence-electron chi connectivity index (χ3n) is 2.93. The molecule has 1 heterocycles. The van der Waals surface area contributed by atoms with Crippen LogP contribution in [-0.4, -0.2) is 9.59 Å². The maximum atomic E-state index is 6.27. The lowest BCUT2D eigenvalue weighted by atomic mass is 9.92. The van der Waals surface area contributed by atoms with Gasteiger partial charge in [0.05, 0.1) is 10.6 Å². The summed E-state index contributed by atoms with van der Waals surface area (Å²) in [5, 5.41) is 4.17. The first kappa shape index (κ1) is 12.6. The Morgan fingerprint density at radius 2 is 1.93 bits per heavy atom. The number of rotatable bonds is 6. The summed E-state index contributed by atoms with van der Waals surface area (Å²) < 4.78 is 4.02. The van der Waals surface area contributed by atoms with Crippen LogP contribution in [-0.2, 0) is 6.42 Å². The van der Waals surface area contributed by atoms with E-state index in [1.807, 2.05) is 0 Å². The molecule has 0 amide bonds. The van der Waals surface area contributed by atoms with Gasteiger partial charge in [0, 0.05) is 6.04 Å². The van der Waals surface area contributed by atoms with Crippen molar-refractivity contribution in [3.05, 3.63) is 10.6 Å². The fourth-order valence-corrected chi connectivity index (χ4v) is 2.68. The van der Waals surface area contributed by atoms with Gasteiger partial charge >= 0.3 is 0 Å². The molecule has 0 saturated heterocycles. The molecule has 0 aliphatic rings. The van der Waals surface area contributed by atoms with Gasteiger partial charge < -0.3 is 5.73 Å². The number of hydrogen-bond donors (Lipinski definition) is 1. The molecule has 0 fully saturated rings. The van der Waals surface area contributed by atoms with Crippen molar-refractivity contribution in [2.75, 3.05) is 0 Å². The van der Waals surface area contributed by atoms with E-state index in [2.05, 4.69) is 30.4 Å². The molecule has 0 aromatic carbocycles. The van der Waals surface area contributed by atoms with E-state index in [0.717, 1.165) is 31.4 Å². The molecular weight excluding hydrogens is 206 g/mol. The van der Waals surface area contributed by atoms with E-state index in [9.17, 15) is 0 Å². The zero-order valence-corrected chi connectivity index (χ0v) is 10.7. The van der Waals surface area contributed by atoms with E-state index in [0.29, 0.717) is 5.92 Å². The highest BCUT2D eigenvalue weighted by Gasteiger charge is 2.21. The van der Waals surface area contributed by atoms with Crippen molar-refractivity contribution >= 4 is 11.5 Å². The SMILES string of the molecule is CCCc1nnsc1C(N)C(CC)CC. The van der Waals surface area contributed by atoms with E-state index in [-0.39, 0.29) is 6.04 Å². The van der Waals surface area contributed by atoms with E-state index in [4.69, 9.17) is 5.73 Å². The lowest BCUT2D eigenvalue weighted by Crippen LogP contribution is -2.20. The van der Waals surface area contributed by atoms with Gasteiger partial charge in [0.25, 0.3) is 0 Å². The highest BCUT2D eigenvalue weighted by atomic mass is 32.1. The number of aryl methyl sites for hydroxylation is 1. The molecule has 0 saturated carbocycles. The third kappa shape index (κ3) is 2.98. The number of nitrogens with two attached hydrogens (primary N) is 1. The topological polar surface area (TPSA) is 51.8 Å². The van der Waals surface area contributed by atoms with Crippen LogP contribution in [0.5, 0.6) is 0 Å². The average Bonchev–Trinajstić information content (AvgIpc) is 2.68. The maximum absolute atomic E-state index is 6.27. The van der Waals surface area contributed by atoms with Crippen molar-refractivity contribution in [2.45, 2.75) is 52.5 Å². The summed E-state index contributed by atoms with van der Waals surface area (Å²) in [6.07, 6.45) is 4.36. The first-order valence-electron chi connectivity index (χ1n) is 5.81. The molecule has 86 valence electrons. The van der Waals surface area contributed by atoms with Crippen molar-refractivity contribution in [3.8, 4) is 0 Å². The highest BCUT2D eigenvalue weighted by Crippen LogP contribution is 2.29. The van der Waals surface area contributed by atoms with E-state index >= 15 is 0 Å². The Bertz CT molecular complexity index is 281. The van der Waals surface area contributed by atoms with Crippen molar-refractivity contribution in [1.29, 1.82) is 0 Å². The Hall–Kier alpha value is -0.480. The Balaban J connectivity index is 2.79. The summed E-state index contributed by atoms with van der Waals surface area (Å²) in [5.74, 6) is 0.558. The molecule has 1 atom stereocenters. The van der Waals surface area contributed by atoms with Crippen molar-refractivity contribution < 1.29 is 0 Å². The maximum Gasteiger partial charge on any atom is 0.0803 e. The minimum Gasteiger partial charge on any atom is -0.323 e. The standard InChI is InChI=1S/C11H21N3S/c1-4-7-9-11(15-14-13-9)10(12)8(5-2)6-3/h8,10H,4-7,12H2,1-3H3. The number of hydrogen-bond acceptors (Lipinski definition) is 4. The largest absolute Gasteiger partial charge is 0.323 e. The molecule has 2 N–H and O–H groups in total. The van der Waals surface area contributed by atoms with Crippen LogP contribution in [0.15, 0.2) is 0 Å². The van der Waals surface area contributed by atoms with Gasteiger partial charge in [-0.3, -0.25) is 0 Å². The smallest absolute Gasteiger partial charge is 0.0803 e. The first-order valence-corrected chi connectivity index (χ1v) is 6.58. The minimum atomic E-state index is 0.126. The quantitative estimate of drug-likeness (QED) is 0.813. The fourth-order valence-electron chi connectivity index (χ4n) is 1.89. The molecule has 0 aliphatic carbocycles. The van der Waals surface area contributed by atoms with Gasteiger partial charge in [0.1, 0.15) is 0 Å². The molecule has 4 heteroatoms. The summed E-state index contributed by atoms with van der Waals surface area (Å²) in [7, 11) is 0. The minimum absolute atomic E-state index is 0.126. The Kier molecular flexibility index (Phi) is 5.19. The first-order chi connectivity index (χ1) is 7.24. The molecule has 0 spiro atoms. The number of aromatic nitrogens is 2. The van der Waals surface area contributed by atoms with Crippen LogP contribution in [0.3, 0.4) is 0 Å². The molecule has 1 aromatic rings. The molecule has 1 rings (SSSR count). The van der Waals surface area contributed by atoms with Gasteiger partial charge in [-0.05, 0) is 23.9 Å². The van der Waals surface area contributed by atoms with Crippen LogP contribution in [0.4, 0.5) is 0 Å². The third-order valence-corrected chi connectivity index (χ3v) is 3.80. The molecule has 1 unspecified atom stereocenters. The second-order valence-electron chi connectivity index (χ2n) is 3.94. The second kappa shape index (κ2) is 6.18. The Labute approximate surface area is 96.2 Å². The zero-order chi connectivity index (χ0) is 11.3. The van der Waals surface area contributed by atoms with E-state index < -0.39 is 0 Å². The summed E-state index contributed by atoms with van der Waals surface area (Å²) in [6, 6.07) is 0.126. The molecular formula is C11H21N3S. The van der Waals surface area contributed by atoms with Crippen LogP contribution in [0.2, 0.25) is 0 Å². The van der Waals surface area contributed by atoms with Crippen LogP contribution in [0.1, 0.15) is 56.6 Å². The average molecular weight is 227 g/mol. The van der Waals surface area contributed by atoms with Crippen molar-refractivity contribution in [3.63, 3.8) is 0 Å². The van der Waals surface area contributed by atoms with Gasteiger partial charge in [-0.25, -0.2) is 0 Å². The highest BCUT2D eigenvalue weighted by molar-refractivity contribution is 7.05. The number of nitrogens with zero attached hydrogens (tertiary/aromatic N) is 2. The predicted molar refractivity (Wildman–Crippen MR) is 64.9 cm³/mol. The Morgan fingerprint density at radius 3 is 2.47 bits per heavy atom. The van der Waals surface area contributed by atoms with Gasteiger partial charge in [-0.2, -0.15) is 0 Å². The predicted octanol–water partition coefficient (Wildman–Crippen LogP) is 2.93. The summed E-state index contributed by atoms with van der Waals surface area (Å²) in [5.41, 5.74) is 7.38. The van der Waals surface area contributed by atoms with Crippen molar-refractivity contribution in [1.82, 2.24) is 9.59 Å². The van der Waals surface area contributed by atoms with Gasteiger partial charge in [0.15, 0.2) is 0 Å². The summed E-state index contributed by atoms with van der Waals surface area (Å²) >= 11 is 1.47. The van der Waals surface area contributed by atoms with Gasteiger partial charge in [-0.1, -0.05) is 44.5 Å². The monoisotopic (exact) mass is 227 g/mol. The molecule has 15 heavy (non-hydrogen) atoms. The molecule has 0 radical (unpaired) electrons. The fraction of sp³-hybridized carbons (Fsp3) is 0.818. The van der Waals surface area contributed by atoms with Crippen LogP contribution in [0, 0.1) is 5.92 Å². The molecule has 0 bridgehead atoms. The lowest BCUT2D eigenvalue weighted by Gasteiger charge is -2.20. The lowest BCUT2D eigenvalue weighted by molar-refractivity contribution is 0.407. The van der Waals surface area contributed by atoms with Gasteiger partial charge in [-0.15, -0.1) is 5.10 Å². The summed E-state index contributed by atoms with van der Waals surface area (Å²) in [6.45, 7) is 6.55. The van der Waals surface area contributed by atoms with Crippen molar-refractivity contribution in [2.24, 2.45) is 11.7 Å². The van der Waals surface area contributed by atoms with Gasteiger partial charge in [0.2, 0.25) is 0 Å². The summed E-state index contributed by atoms with van der Waals surface area (Å²) in [4.78, 5) is 1.20. The Morgan fingerprint density at radius 1 is 1.27 bits per heavy atom. The van der Waals surface area contributed by atoms with E-state index in [1.165, 1.54) is 16.4 Å². The zero-order valence-electron chi connectivity index (χ0n) is 9.86. The molecule has 1 aromatic heterocycles. The molecule has 0 aliphatic heterocycles.